The van der Waals surface area contributed by atoms with Crippen molar-refractivity contribution < 1.29 is 4.79 Å². The molecule has 0 atom stereocenters. The summed E-state index contributed by atoms with van der Waals surface area (Å²) in [5.74, 6) is 0.714. The Balaban J connectivity index is 1.56. The first-order valence-corrected chi connectivity index (χ1v) is 9.82. The number of thiazole rings is 1. The van der Waals surface area contributed by atoms with Crippen molar-refractivity contribution in [1.82, 2.24) is 15.3 Å². The summed E-state index contributed by atoms with van der Waals surface area (Å²) in [6.45, 7) is 3.32. The van der Waals surface area contributed by atoms with Gasteiger partial charge in [-0.15, -0.1) is 22.7 Å². The summed E-state index contributed by atoms with van der Waals surface area (Å²) in [7, 11) is 2.00. The van der Waals surface area contributed by atoms with Gasteiger partial charge in [0.15, 0.2) is 0 Å². The number of carbonyl (C=O) groups excluding carboxylic acids is 1. The van der Waals surface area contributed by atoms with E-state index in [1.165, 1.54) is 4.88 Å². The zero-order chi connectivity index (χ0) is 17.6. The lowest BCUT2D eigenvalue weighted by atomic mass is 10.2. The maximum atomic E-state index is 12.2. The van der Waals surface area contributed by atoms with Crippen molar-refractivity contribution >= 4 is 34.4 Å². The second-order valence-electron chi connectivity index (χ2n) is 5.61. The van der Waals surface area contributed by atoms with Crippen molar-refractivity contribution in [3.05, 3.63) is 62.4 Å². The third kappa shape index (κ3) is 4.64. The van der Waals surface area contributed by atoms with Gasteiger partial charge in [0, 0.05) is 23.5 Å². The van der Waals surface area contributed by atoms with Crippen LogP contribution in [0.15, 0.2) is 41.2 Å². The third-order valence-corrected chi connectivity index (χ3v) is 5.49. The van der Waals surface area contributed by atoms with Crippen LogP contribution in [0.5, 0.6) is 0 Å². The summed E-state index contributed by atoms with van der Waals surface area (Å²) in [6.07, 6.45) is 2.53. The number of aromatic nitrogens is 2. The first kappa shape index (κ1) is 17.6. The number of carbonyl (C=O) groups is 1. The first-order chi connectivity index (χ1) is 12.2. The highest BCUT2D eigenvalue weighted by molar-refractivity contribution is 7.10. The predicted octanol–water partition coefficient (Wildman–Crippen LogP) is 3.73. The molecule has 1 amide bonds. The Morgan fingerprint density at radius 1 is 1.28 bits per heavy atom. The zero-order valence-corrected chi connectivity index (χ0v) is 15.9. The minimum Gasteiger partial charge on any atom is -0.355 e. The Morgan fingerprint density at radius 2 is 2.16 bits per heavy atom. The molecule has 0 aliphatic carbocycles. The smallest absolute Gasteiger partial charge is 0.253 e. The zero-order valence-electron chi connectivity index (χ0n) is 14.2. The van der Waals surface area contributed by atoms with E-state index in [1.807, 2.05) is 30.6 Å². The van der Waals surface area contributed by atoms with Crippen LogP contribution in [0.1, 0.15) is 32.9 Å². The van der Waals surface area contributed by atoms with Crippen LogP contribution in [-0.4, -0.2) is 22.9 Å². The molecule has 130 valence electrons. The summed E-state index contributed by atoms with van der Waals surface area (Å²) >= 11 is 3.30. The molecule has 3 aromatic heterocycles. The number of anilines is 1. The monoisotopic (exact) mass is 372 g/mol. The molecule has 3 aromatic rings. The van der Waals surface area contributed by atoms with Gasteiger partial charge in [0.2, 0.25) is 0 Å². The molecule has 3 heterocycles. The molecule has 1 N–H and O–H groups in total. The van der Waals surface area contributed by atoms with Crippen LogP contribution in [0.2, 0.25) is 0 Å². The molecule has 0 aliphatic heterocycles. The number of nitrogens with one attached hydrogen (secondary N) is 1. The number of rotatable bonds is 7. The van der Waals surface area contributed by atoms with Gasteiger partial charge in [0.05, 0.1) is 24.3 Å². The molecule has 7 heteroatoms. The van der Waals surface area contributed by atoms with E-state index in [1.54, 1.807) is 28.9 Å². The molecule has 0 spiro atoms. The van der Waals surface area contributed by atoms with Gasteiger partial charge in [-0.2, -0.15) is 0 Å². The number of nitrogens with zero attached hydrogens (tertiary/aromatic N) is 3. The lowest BCUT2D eigenvalue weighted by molar-refractivity contribution is 0.0950. The van der Waals surface area contributed by atoms with Gasteiger partial charge in [-0.1, -0.05) is 13.0 Å². The highest BCUT2D eigenvalue weighted by Gasteiger charge is 2.10. The molecule has 25 heavy (non-hydrogen) atoms. The third-order valence-electron chi connectivity index (χ3n) is 3.74. The van der Waals surface area contributed by atoms with E-state index in [-0.39, 0.29) is 5.91 Å². The average molecular weight is 373 g/mol. The summed E-state index contributed by atoms with van der Waals surface area (Å²) in [5.41, 5.74) is 1.62. The van der Waals surface area contributed by atoms with E-state index in [0.717, 1.165) is 29.5 Å². The topological polar surface area (TPSA) is 58.1 Å². The molecular formula is C18H20N4OS2. The second-order valence-corrected chi connectivity index (χ2v) is 7.58. The molecule has 5 nitrogen and oxygen atoms in total. The number of thiophene rings is 1. The molecule has 0 saturated carbocycles. The standard InChI is InChI=1S/C18H20N4OS2/c1-3-14-12-25-17(21-14)10-20-18(23)13-6-7-16(19-9-13)22(2)11-15-5-4-8-24-15/h4-9,12H,3,10-11H2,1-2H3,(H,20,23). The van der Waals surface area contributed by atoms with Gasteiger partial charge in [-0.05, 0) is 30.0 Å². The van der Waals surface area contributed by atoms with Crippen LogP contribution in [0, 0.1) is 0 Å². The van der Waals surface area contributed by atoms with Gasteiger partial charge in [-0.3, -0.25) is 4.79 Å². The molecule has 0 bridgehead atoms. The minimum atomic E-state index is -0.131. The van der Waals surface area contributed by atoms with Crippen LogP contribution in [-0.2, 0) is 19.5 Å². The quantitative estimate of drug-likeness (QED) is 0.687. The van der Waals surface area contributed by atoms with Gasteiger partial charge < -0.3 is 10.2 Å². The Labute approximate surface area is 155 Å². The minimum absolute atomic E-state index is 0.131. The fourth-order valence-electron chi connectivity index (χ4n) is 2.31. The molecule has 3 rings (SSSR count). The van der Waals surface area contributed by atoms with Gasteiger partial charge in [-0.25, -0.2) is 9.97 Å². The van der Waals surface area contributed by atoms with Crippen LogP contribution in [0.3, 0.4) is 0 Å². The van der Waals surface area contributed by atoms with Gasteiger partial charge in [0.25, 0.3) is 5.91 Å². The normalized spacial score (nSPS) is 10.6. The highest BCUT2D eigenvalue weighted by Crippen LogP contribution is 2.16. The van der Waals surface area contributed by atoms with Crippen LogP contribution >= 0.6 is 22.7 Å². The summed E-state index contributed by atoms with van der Waals surface area (Å²) in [5, 5.41) is 7.91. The molecule has 0 saturated heterocycles. The van der Waals surface area contributed by atoms with Crippen molar-refractivity contribution in [2.75, 3.05) is 11.9 Å². The number of hydrogen-bond donors (Lipinski definition) is 1. The van der Waals surface area contributed by atoms with Crippen LogP contribution in [0.4, 0.5) is 5.82 Å². The molecule has 0 aliphatic rings. The van der Waals surface area contributed by atoms with Crippen molar-refractivity contribution in [2.45, 2.75) is 26.4 Å². The number of hydrogen-bond acceptors (Lipinski definition) is 6. The van der Waals surface area contributed by atoms with Gasteiger partial charge >= 0.3 is 0 Å². The largest absolute Gasteiger partial charge is 0.355 e. The average Bonchev–Trinajstić information content (AvgIpc) is 3.31. The number of pyridine rings is 1. The van der Waals surface area contributed by atoms with E-state index in [4.69, 9.17) is 0 Å². The Morgan fingerprint density at radius 3 is 2.80 bits per heavy atom. The maximum absolute atomic E-state index is 12.2. The number of amides is 1. The number of aryl methyl sites for hydroxylation is 1. The van der Waals surface area contributed by atoms with Crippen molar-refractivity contribution in [1.29, 1.82) is 0 Å². The fraction of sp³-hybridized carbons (Fsp3) is 0.278. The second kappa shape index (κ2) is 8.22. The fourth-order valence-corrected chi connectivity index (χ4v) is 3.89. The summed E-state index contributed by atoms with van der Waals surface area (Å²) < 4.78 is 0. The molecule has 0 fully saturated rings. The molecule has 0 unspecified atom stereocenters. The van der Waals surface area contributed by atoms with E-state index >= 15 is 0 Å². The molecular weight excluding hydrogens is 352 g/mol. The summed E-state index contributed by atoms with van der Waals surface area (Å²) in [4.78, 5) is 24.4. The molecule has 0 aromatic carbocycles. The van der Waals surface area contributed by atoms with E-state index in [2.05, 4.69) is 38.6 Å². The lowest BCUT2D eigenvalue weighted by Gasteiger charge is -2.17. The van der Waals surface area contributed by atoms with E-state index in [0.29, 0.717) is 12.1 Å². The highest BCUT2D eigenvalue weighted by atomic mass is 32.1. The lowest BCUT2D eigenvalue weighted by Crippen LogP contribution is -2.23. The summed E-state index contributed by atoms with van der Waals surface area (Å²) in [6, 6.07) is 7.83. The van der Waals surface area contributed by atoms with Crippen LogP contribution < -0.4 is 10.2 Å². The van der Waals surface area contributed by atoms with Gasteiger partial charge in [0.1, 0.15) is 10.8 Å². The first-order valence-electron chi connectivity index (χ1n) is 8.06. The van der Waals surface area contributed by atoms with E-state index in [9.17, 15) is 4.79 Å². The Hall–Kier alpha value is -2.25. The SMILES string of the molecule is CCc1csc(CNC(=O)c2ccc(N(C)Cc3cccs3)nc2)n1. The maximum Gasteiger partial charge on any atom is 0.253 e. The van der Waals surface area contributed by atoms with Crippen molar-refractivity contribution in [3.8, 4) is 0 Å². The van der Waals surface area contributed by atoms with Crippen LogP contribution in [0.25, 0.3) is 0 Å². The predicted molar refractivity (Wildman–Crippen MR) is 103 cm³/mol. The van der Waals surface area contributed by atoms with Crippen molar-refractivity contribution in [2.24, 2.45) is 0 Å². The van der Waals surface area contributed by atoms with E-state index < -0.39 is 0 Å². The Bertz CT molecular complexity index is 812. The van der Waals surface area contributed by atoms with Crippen molar-refractivity contribution in [3.63, 3.8) is 0 Å². The molecule has 0 radical (unpaired) electrons. The Kier molecular flexibility index (Phi) is 5.78.